The molecule has 0 fully saturated rings. The number of aromatic carboxylic acids is 1. The smallest absolute Gasteiger partial charge is 0.335 e. The van der Waals surface area contributed by atoms with E-state index in [1.54, 1.807) is 30.3 Å². The highest BCUT2D eigenvalue weighted by Gasteiger charge is 2.10. The Morgan fingerprint density at radius 3 is 2.63 bits per heavy atom. The van der Waals surface area contributed by atoms with Crippen LogP contribution in [0.4, 0.5) is 0 Å². The molecule has 19 heavy (non-hydrogen) atoms. The Balaban J connectivity index is 2.41. The summed E-state index contributed by atoms with van der Waals surface area (Å²) in [6.07, 6.45) is 0. The lowest BCUT2D eigenvalue weighted by atomic mass is 10.2. The molecule has 0 heterocycles. The van der Waals surface area contributed by atoms with E-state index in [9.17, 15) is 4.79 Å². The number of benzene rings is 2. The maximum atomic E-state index is 10.9. The van der Waals surface area contributed by atoms with Crippen LogP contribution in [0.1, 0.15) is 15.9 Å². The zero-order valence-corrected chi connectivity index (χ0v) is 11.8. The van der Waals surface area contributed by atoms with Crippen LogP contribution in [-0.4, -0.2) is 11.1 Å². The van der Waals surface area contributed by atoms with E-state index in [1.807, 2.05) is 6.07 Å². The monoisotopic (exact) mass is 365 g/mol. The van der Waals surface area contributed by atoms with Crippen molar-refractivity contribution >= 4 is 28.6 Å². The zero-order valence-electron chi connectivity index (χ0n) is 9.63. The molecule has 0 unspecified atom stereocenters. The number of carboxylic acids is 1. The van der Waals surface area contributed by atoms with Gasteiger partial charge >= 0.3 is 5.97 Å². The largest absolute Gasteiger partial charge is 0.478 e. The van der Waals surface area contributed by atoms with Gasteiger partial charge in [-0.1, -0.05) is 12.1 Å². The lowest BCUT2D eigenvalue weighted by Gasteiger charge is -2.09. The van der Waals surface area contributed by atoms with Crippen LogP contribution in [0, 0.1) is 14.9 Å². The summed E-state index contributed by atoms with van der Waals surface area (Å²) in [6.45, 7) is 0. The average molecular weight is 365 g/mol. The van der Waals surface area contributed by atoms with Crippen LogP contribution >= 0.6 is 22.6 Å². The lowest BCUT2D eigenvalue weighted by Crippen LogP contribution is -1.98. The van der Waals surface area contributed by atoms with Gasteiger partial charge in [0.25, 0.3) is 0 Å². The molecule has 94 valence electrons. The summed E-state index contributed by atoms with van der Waals surface area (Å²) in [5, 5.41) is 17.9. The van der Waals surface area contributed by atoms with Gasteiger partial charge in [-0.2, -0.15) is 5.26 Å². The van der Waals surface area contributed by atoms with E-state index in [1.165, 1.54) is 12.1 Å². The van der Waals surface area contributed by atoms with Crippen molar-refractivity contribution in [2.75, 3.05) is 0 Å². The lowest BCUT2D eigenvalue weighted by molar-refractivity contribution is 0.0696. The Labute approximate surface area is 123 Å². The number of rotatable bonds is 3. The molecule has 0 saturated carbocycles. The van der Waals surface area contributed by atoms with Gasteiger partial charge in [0.2, 0.25) is 0 Å². The molecular weight excluding hydrogens is 357 g/mol. The van der Waals surface area contributed by atoms with Gasteiger partial charge in [-0.3, -0.25) is 0 Å². The van der Waals surface area contributed by atoms with Gasteiger partial charge in [0.15, 0.2) is 0 Å². The number of para-hydroxylation sites is 1. The summed E-state index contributed by atoms with van der Waals surface area (Å²) in [5.74, 6) is -0.191. The second-order valence-electron chi connectivity index (χ2n) is 3.66. The third-order valence-corrected chi connectivity index (χ3v) is 3.30. The third-order valence-electron chi connectivity index (χ3n) is 2.41. The first kappa shape index (κ1) is 13.4. The standard InChI is InChI=1S/C14H8INO3/c15-11-6-5-9(14(17)18)7-13(11)19-12-4-2-1-3-10(12)8-16/h1-7H,(H,17,18). The highest BCUT2D eigenvalue weighted by atomic mass is 127. The molecule has 0 atom stereocenters. The molecule has 0 aliphatic heterocycles. The van der Waals surface area contributed by atoms with Crippen LogP contribution in [0.2, 0.25) is 0 Å². The van der Waals surface area contributed by atoms with Gasteiger partial charge in [-0.05, 0) is 52.9 Å². The van der Waals surface area contributed by atoms with Crippen molar-refractivity contribution in [2.45, 2.75) is 0 Å². The number of hydrogen-bond donors (Lipinski definition) is 1. The molecule has 5 heteroatoms. The summed E-state index contributed by atoms with van der Waals surface area (Å²) < 4.78 is 6.40. The Hall–Kier alpha value is -2.07. The molecule has 2 aromatic carbocycles. The van der Waals surface area contributed by atoms with Crippen LogP contribution in [0.15, 0.2) is 42.5 Å². The van der Waals surface area contributed by atoms with Gasteiger partial charge in [0.1, 0.15) is 17.6 Å². The molecule has 1 N–H and O–H groups in total. The predicted molar refractivity (Wildman–Crippen MR) is 77.3 cm³/mol. The first-order chi connectivity index (χ1) is 9.11. The quantitative estimate of drug-likeness (QED) is 0.843. The number of carbonyl (C=O) groups is 1. The minimum atomic E-state index is -1.02. The molecule has 0 amide bonds. The van der Waals surface area contributed by atoms with E-state index < -0.39 is 5.97 Å². The number of nitrogens with zero attached hydrogens (tertiary/aromatic N) is 1. The minimum absolute atomic E-state index is 0.143. The zero-order chi connectivity index (χ0) is 13.8. The number of nitriles is 1. The number of ether oxygens (including phenoxy) is 1. The summed E-state index contributed by atoms with van der Waals surface area (Å²) >= 11 is 2.05. The van der Waals surface area contributed by atoms with Crippen LogP contribution in [0.5, 0.6) is 11.5 Å². The fourth-order valence-electron chi connectivity index (χ4n) is 1.48. The molecule has 0 aliphatic rings. The van der Waals surface area contributed by atoms with Crippen molar-refractivity contribution in [3.63, 3.8) is 0 Å². The van der Waals surface area contributed by atoms with Crippen molar-refractivity contribution in [2.24, 2.45) is 0 Å². The van der Waals surface area contributed by atoms with Gasteiger partial charge in [-0.15, -0.1) is 0 Å². The first-order valence-electron chi connectivity index (χ1n) is 5.31. The van der Waals surface area contributed by atoms with Crippen LogP contribution in [0.3, 0.4) is 0 Å². The second kappa shape index (κ2) is 5.71. The molecule has 0 radical (unpaired) electrons. The molecule has 0 bridgehead atoms. The van der Waals surface area contributed by atoms with Crippen molar-refractivity contribution in [1.82, 2.24) is 0 Å². The van der Waals surface area contributed by atoms with Gasteiger partial charge in [0, 0.05) is 0 Å². The summed E-state index contributed by atoms with van der Waals surface area (Å²) in [4.78, 5) is 10.9. The summed E-state index contributed by atoms with van der Waals surface area (Å²) in [6, 6.07) is 13.4. The SMILES string of the molecule is N#Cc1ccccc1Oc1cc(C(=O)O)ccc1I. The maximum Gasteiger partial charge on any atom is 0.335 e. The number of carboxylic acid groups (broad SMARTS) is 1. The second-order valence-corrected chi connectivity index (χ2v) is 4.82. The van der Waals surface area contributed by atoms with Crippen LogP contribution in [0.25, 0.3) is 0 Å². The van der Waals surface area contributed by atoms with Crippen molar-refractivity contribution in [3.05, 3.63) is 57.2 Å². The predicted octanol–water partition coefficient (Wildman–Crippen LogP) is 3.65. The Morgan fingerprint density at radius 1 is 1.21 bits per heavy atom. The topological polar surface area (TPSA) is 70.3 Å². The van der Waals surface area contributed by atoms with Gasteiger partial charge in [0.05, 0.1) is 14.7 Å². The minimum Gasteiger partial charge on any atom is -0.478 e. The van der Waals surface area contributed by atoms with Gasteiger partial charge in [-0.25, -0.2) is 4.79 Å². The van der Waals surface area contributed by atoms with Gasteiger partial charge < -0.3 is 9.84 Å². The summed E-state index contributed by atoms with van der Waals surface area (Å²) in [5.41, 5.74) is 0.545. The molecule has 0 aliphatic carbocycles. The number of halogens is 1. The van der Waals surface area contributed by atoms with Crippen molar-refractivity contribution < 1.29 is 14.6 Å². The Bertz CT molecular complexity index is 677. The Kier molecular flexibility index (Phi) is 4.02. The van der Waals surface area contributed by atoms with Crippen LogP contribution in [-0.2, 0) is 0 Å². The maximum absolute atomic E-state index is 10.9. The van der Waals surface area contributed by atoms with E-state index in [0.29, 0.717) is 17.1 Å². The highest BCUT2D eigenvalue weighted by Crippen LogP contribution is 2.29. The molecule has 0 aromatic heterocycles. The normalized spacial score (nSPS) is 9.68. The molecule has 2 aromatic rings. The average Bonchev–Trinajstić information content (AvgIpc) is 2.41. The molecule has 2 rings (SSSR count). The molecule has 4 nitrogen and oxygen atoms in total. The van der Waals surface area contributed by atoms with E-state index in [-0.39, 0.29) is 5.56 Å². The van der Waals surface area contributed by atoms with Crippen molar-refractivity contribution in [3.8, 4) is 17.6 Å². The van der Waals surface area contributed by atoms with E-state index in [4.69, 9.17) is 15.1 Å². The molecule has 0 saturated heterocycles. The fraction of sp³-hybridized carbons (Fsp3) is 0. The fourth-order valence-corrected chi connectivity index (χ4v) is 1.93. The third kappa shape index (κ3) is 3.03. The van der Waals surface area contributed by atoms with E-state index >= 15 is 0 Å². The summed E-state index contributed by atoms with van der Waals surface area (Å²) in [7, 11) is 0. The first-order valence-corrected chi connectivity index (χ1v) is 6.39. The van der Waals surface area contributed by atoms with Crippen molar-refractivity contribution in [1.29, 1.82) is 5.26 Å². The Morgan fingerprint density at radius 2 is 1.95 bits per heavy atom. The molecular formula is C14H8INO3. The van der Waals surface area contributed by atoms with Crippen LogP contribution < -0.4 is 4.74 Å². The molecule has 0 spiro atoms. The van der Waals surface area contributed by atoms with E-state index in [2.05, 4.69) is 22.6 Å². The van der Waals surface area contributed by atoms with E-state index in [0.717, 1.165) is 3.57 Å². The number of hydrogen-bond acceptors (Lipinski definition) is 3. The highest BCUT2D eigenvalue weighted by molar-refractivity contribution is 14.1.